The van der Waals surface area contributed by atoms with Crippen LogP contribution < -0.4 is 9.47 Å². The van der Waals surface area contributed by atoms with Gasteiger partial charge in [0.2, 0.25) is 5.91 Å². The van der Waals surface area contributed by atoms with E-state index in [1.54, 1.807) is 19.1 Å². The van der Waals surface area contributed by atoms with Gasteiger partial charge in [-0.25, -0.2) is 0 Å². The van der Waals surface area contributed by atoms with Crippen LogP contribution in [-0.2, 0) is 4.79 Å². The molecule has 124 valence electrons. The first-order valence-electron chi connectivity index (χ1n) is 7.44. The van der Waals surface area contributed by atoms with Gasteiger partial charge in [-0.2, -0.15) is 0 Å². The van der Waals surface area contributed by atoms with Crippen molar-refractivity contribution in [3.8, 4) is 11.5 Å². The molecule has 1 aromatic carbocycles. The van der Waals surface area contributed by atoms with E-state index in [1.165, 1.54) is 0 Å². The summed E-state index contributed by atoms with van der Waals surface area (Å²) >= 11 is 0. The molecule has 0 unspecified atom stereocenters. The number of carbonyl (C=O) groups excluding carboxylic acids is 1. The third-order valence-electron chi connectivity index (χ3n) is 3.35. The molecule has 0 radical (unpaired) electrons. The number of methoxy groups -OCH3 is 1. The number of hydrogen-bond acceptors (Lipinski definition) is 5. The first-order valence-corrected chi connectivity index (χ1v) is 7.44. The Morgan fingerprint density at radius 3 is 2.41 bits per heavy atom. The second-order valence-corrected chi connectivity index (χ2v) is 4.94. The molecule has 0 saturated carbocycles. The number of rotatable bonds is 10. The summed E-state index contributed by atoms with van der Waals surface area (Å²) in [7, 11) is 3.37. The van der Waals surface area contributed by atoms with Crippen LogP contribution in [0.4, 0.5) is 0 Å². The minimum absolute atomic E-state index is 0.0184. The minimum atomic E-state index is 0.0184. The molecule has 0 aliphatic rings. The maximum atomic E-state index is 12.0. The lowest BCUT2D eigenvalue weighted by Crippen LogP contribution is -2.40. The van der Waals surface area contributed by atoms with Crippen LogP contribution in [0, 0.1) is 0 Å². The smallest absolute Gasteiger partial charge is 0.226 e. The van der Waals surface area contributed by atoms with Crippen LogP contribution in [0.1, 0.15) is 13.3 Å². The average molecular weight is 310 g/mol. The number of aliphatic hydroxyl groups is 1. The molecule has 0 atom stereocenters. The molecule has 6 nitrogen and oxygen atoms in total. The lowest BCUT2D eigenvalue weighted by molar-refractivity contribution is -0.132. The number of carbonyl (C=O) groups is 1. The zero-order valence-corrected chi connectivity index (χ0v) is 13.6. The predicted molar refractivity (Wildman–Crippen MR) is 85.1 cm³/mol. The van der Waals surface area contributed by atoms with E-state index in [2.05, 4.69) is 0 Å². The highest BCUT2D eigenvalue weighted by Gasteiger charge is 2.12. The molecule has 0 saturated heterocycles. The van der Waals surface area contributed by atoms with Crippen LogP contribution in [0.3, 0.4) is 0 Å². The summed E-state index contributed by atoms with van der Waals surface area (Å²) in [6.45, 7) is 4.30. The number of benzene rings is 1. The molecule has 0 aromatic heterocycles. The maximum absolute atomic E-state index is 12.0. The molecule has 0 spiro atoms. The largest absolute Gasteiger partial charge is 0.497 e. The number of likely N-dealkylation sites (N-methyl/N-ethyl adjacent to an activating group) is 1. The first-order chi connectivity index (χ1) is 10.6. The van der Waals surface area contributed by atoms with Crippen LogP contribution >= 0.6 is 0 Å². The lowest BCUT2D eigenvalue weighted by Gasteiger charge is -2.26. The van der Waals surface area contributed by atoms with E-state index in [1.807, 2.05) is 36.1 Å². The Labute approximate surface area is 132 Å². The molecule has 1 aromatic rings. The van der Waals surface area contributed by atoms with Crippen LogP contribution in [-0.4, -0.2) is 67.9 Å². The van der Waals surface area contributed by atoms with E-state index < -0.39 is 0 Å². The number of amides is 1. The van der Waals surface area contributed by atoms with Gasteiger partial charge in [0, 0.05) is 13.6 Å². The highest BCUT2D eigenvalue weighted by atomic mass is 16.5. The average Bonchev–Trinajstić information content (AvgIpc) is 2.54. The quantitative estimate of drug-likeness (QED) is 0.658. The molecule has 1 amide bonds. The second kappa shape index (κ2) is 10.0. The van der Waals surface area contributed by atoms with Gasteiger partial charge in [0.15, 0.2) is 0 Å². The molecule has 0 fully saturated rings. The Morgan fingerprint density at radius 1 is 1.23 bits per heavy atom. The lowest BCUT2D eigenvalue weighted by atomic mass is 10.3. The molecule has 1 N–H and O–H groups in total. The van der Waals surface area contributed by atoms with Gasteiger partial charge in [0.05, 0.1) is 33.4 Å². The third kappa shape index (κ3) is 6.32. The Balaban J connectivity index is 2.31. The van der Waals surface area contributed by atoms with E-state index in [-0.39, 0.29) is 12.5 Å². The van der Waals surface area contributed by atoms with Gasteiger partial charge in [0.25, 0.3) is 0 Å². The number of ether oxygens (including phenoxy) is 2. The summed E-state index contributed by atoms with van der Waals surface area (Å²) in [6, 6.07) is 7.26. The highest BCUT2D eigenvalue weighted by molar-refractivity contribution is 5.75. The van der Waals surface area contributed by atoms with Crippen molar-refractivity contribution in [1.29, 1.82) is 0 Å². The van der Waals surface area contributed by atoms with Crippen LogP contribution in [0.2, 0.25) is 0 Å². The fraction of sp³-hybridized carbons (Fsp3) is 0.562. The van der Waals surface area contributed by atoms with Crippen molar-refractivity contribution in [2.75, 3.05) is 47.1 Å². The van der Waals surface area contributed by atoms with Crippen molar-refractivity contribution in [3.05, 3.63) is 24.3 Å². The van der Waals surface area contributed by atoms with Crippen LogP contribution in [0.5, 0.6) is 11.5 Å². The molecular formula is C16H26N2O4. The third-order valence-corrected chi connectivity index (χ3v) is 3.35. The molecule has 0 bridgehead atoms. The van der Waals surface area contributed by atoms with E-state index in [4.69, 9.17) is 14.6 Å². The van der Waals surface area contributed by atoms with E-state index >= 15 is 0 Å². The van der Waals surface area contributed by atoms with Gasteiger partial charge >= 0.3 is 0 Å². The molecule has 1 rings (SSSR count). The van der Waals surface area contributed by atoms with Gasteiger partial charge in [-0.15, -0.1) is 0 Å². The first kappa shape index (κ1) is 18.3. The summed E-state index contributed by atoms with van der Waals surface area (Å²) in [6.07, 6.45) is 0.319. The van der Waals surface area contributed by atoms with Crippen molar-refractivity contribution in [2.45, 2.75) is 13.3 Å². The highest BCUT2D eigenvalue weighted by Crippen LogP contribution is 2.17. The Bertz CT molecular complexity index is 436. The van der Waals surface area contributed by atoms with Crippen molar-refractivity contribution < 1.29 is 19.4 Å². The summed E-state index contributed by atoms with van der Waals surface area (Å²) in [4.78, 5) is 15.7. The van der Waals surface area contributed by atoms with Crippen molar-refractivity contribution >= 4 is 5.91 Å². The van der Waals surface area contributed by atoms with Crippen LogP contribution in [0.25, 0.3) is 0 Å². The Morgan fingerprint density at radius 2 is 1.86 bits per heavy atom. The fourth-order valence-electron chi connectivity index (χ4n) is 1.97. The van der Waals surface area contributed by atoms with Gasteiger partial charge in [-0.1, -0.05) is 6.92 Å². The zero-order chi connectivity index (χ0) is 16.4. The number of aliphatic hydroxyl groups excluding tert-OH is 1. The Kier molecular flexibility index (Phi) is 8.32. The molecule has 6 heteroatoms. The molecule has 0 heterocycles. The van der Waals surface area contributed by atoms with Crippen molar-refractivity contribution in [2.24, 2.45) is 0 Å². The summed E-state index contributed by atoms with van der Waals surface area (Å²) in [5.74, 6) is 1.50. The number of nitrogens with zero attached hydrogens (tertiary/aromatic N) is 2. The van der Waals surface area contributed by atoms with Crippen molar-refractivity contribution in [1.82, 2.24) is 9.80 Å². The van der Waals surface area contributed by atoms with Crippen LogP contribution in [0.15, 0.2) is 24.3 Å². The van der Waals surface area contributed by atoms with Gasteiger partial charge in [0.1, 0.15) is 11.5 Å². The van der Waals surface area contributed by atoms with Crippen molar-refractivity contribution in [3.63, 3.8) is 0 Å². The van der Waals surface area contributed by atoms with Gasteiger partial charge in [-0.3, -0.25) is 9.69 Å². The predicted octanol–water partition coefficient (Wildman–Crippen LogP) is 1.19. The topological polar surface area (TPSA) is 62.2 Å². The maximum Gasteiger partial charge on any atom is 0.226 e. The minimum Gasteiger partial charge on any atom is -0.497 e. The fourth-order valence-corrected chi connectivity index (χ4v) is 1.97. The molecule has 22 heavy (non-hydrogen) atoms. The molecule has 0 aliphatic carbocycles. The molecular weight excluding hydrogens is 284 g/mol. The van der Waals surface area contributed by atoms with Gasteiger partial charge < -0.3 is 19.5 Å². The van der Waals surface area contributed by atoms with Gasteiger partial charge in [-0.05, 0) is 30.8 Å². The standard InChI is InChI=1S/C16H26N2O4/c1-4-18(10-11-19)13-17(2)16(20)9-12-22-15-7-5-14(21-3)6-8-15/h5-8,19H,4,9-13H2,1-3H3. The van der Waals surface area contributed by atoms with E-state index in [9.17, 15) is 4.79 Å². The van der Waals surface area contributed by atoms with E-state index in [0.29, 0.717) is 32.0 Å². The monoisotopic (exact) mass is 310 g/mol. The summed E-state index contributed by atoms with van der Waals surface area (Å²) in [5.41, 5.74) is 0. The summed E-state index contributed by atoms with van der Waals surface area (Å²) in [5, 5.41) is 8.95. The zero-order valence-electron chi connectivity index (χ0n) is 13.6. The molecule has 0 aliphatic heterocycles. The number of hydrogen-bond donors (Lipinski definition) is 1. The normalized spacial score (nSPS) is 10.6. The second-order valence-electron chi connectivity index (χ2n) is 4.94. The Hall–Kier alpha value is -1.79. The SMILES string of the molecule is CCN(CCO)CN(C)C(=O)CCOc1ccc(OC)cc1. The summed E-state index contributed by atoms with van der Waals surface area (Å²) < 4.78 is 10.6. The van der Waals surface area contributed by atoms with E-state index in [0.717, 1.165) is 12.3 Å².